The van der Waals surface area contributed by atoms with Crippen molar-refractivity contribution >= 4 is 35.2 Å². The van der Waals surface area contributed by atoms with Crippen LogP contribution in [0.2, 0.25) is 5.02 Å². The van der Waals surface area contributed by atoms with Crippen LogP contribution in [0.25, 0.3) is 0 Å². The van der Waals surface area contributed by atoms with E-state index in [0.717, 1.165) is 59.9 Å². The summed E-state index contributed by atoms with van der Waals surface area (Å²) in [5.74, 6) is -0.724. The fourth-order valence-corrected chi connectivity index (χ4v) is 6.08. The van der Waals surface area contributed by atoms with E-state index >= 15 is 0 Å². The van der Waals surface area contributed by atoms with Crippen LogP contribution in [-0.4, -0.2) is 46.1 Å². The fourth-order valence-electron chi connectivity index (χ4n) is 5.82. The SMILES string of the molecule is CCCCCCCCN(C(=O)C(Cc1ccc(O)cc1)NC(=O)OC(C)(C)C)C(C(=O)Nc1c(C)cccc1Cl)c1c(C)cccc1C. The van der Waals surface area contributed by atoms with Gasteiger partial charge in [0.05, 0.1) is 10.7 Å². The molecular formula is C39H52ClN3O5. The van der Waals surface area contributed by atoms with Gasteiger partial charge in [-0.3, -0.25) is 9.59 Å². The number of anilines is 1. The second-order valence-corrected chi connectivity index (χ2v) is 13.9. The number of phenols is 1. The van der Waals surface area contributed by atoms with Gasteiger partial charge < -0.3 is 25.4 Å². The molecule has 3 N–H and O–H groups in total. The highest BCUT2D eigenvalue weighted by atomic mass is 35.5. The van der Waals surface area contributed by atoms with Crippen LogP contribution >= 0.6 is 11.6 Å². The second-order valence-electron chi connectivity index (χ2n) is 13.5. The van der Waals surface area contributed by atoms with Crippen LogP contribution in [0, 0.1) is 20.8 Å². The van der Waals surface area contributed by atoms with Gasteiger partial charge in [-0.05, 0) is 94.0 Å². The third-order valence-corrected chi connectivity index (χ3v) is 8.56. The molecule has 0 aliphatic heterocycles. The maximum atomic E-state index is 14.9. The monoisotopic (exact) mass is 677 g/mol. The molecule has 0 aromatic heterocycles. The second kappa shape index (κ2) is 17.9. The van der Waals surface area contributed by atoms with Crippen LogP contribution in [0.4, 0.5) is 10.5 Å². The number of alkyl carbamates (subject to hydrolysis) is 1. The van der Waals surface area contributed by atoms with Crippen molar-refractivity contribution in [3.63, 3.8) is 0 Å². The third-order valence-electron chi connectivity index (χ3n) is 8.25. The Bertz CT molecular complexity index is 1490. The first-order valence-corrected chi connectivity index (χ1v) is 17.3. The molecule has 0 bridgehead atoms. The number of amides is 3. The lowest BCUT2D eigenvalue weighted by Crippen LogP contribution is -2.53. The van der Waals surface area contributed by atoms with Gasteiger partial charge in [0.15, 0.2) is 0 Å². The zero-order valence-electron chi connectivity index (χ0n) is 29.5. The van der Waals surface area contributed by atoms with Crippen molar-refractivity contribution in [2.24, 2.45) is 0 Å². The standard InChI is InChI=1S/C39H52ClN3O5/c1-8-9-10-11-12-13-24-43(37(46)32(41-38(47)48-39(5,6)7)25-29-20-22-30(44)23-21-29)35(33-26(2)16-14-17-27(33)3)36(45)42-34-28(4)18-15-19-31(34)40/h14-23,32,35,44H,8-13,24-25H2,1-7H3,(H,41,47)(H,42,45). The zero-order chi connectivity index (χ0) is 35.4. The molecule has 0 aliphatic rings. The number of benzene rings is 3. The Kier molecular flexibility index (Phi) is 14.3. The average Bonchev–Trinajstić information content (AvgIpc) is 3.00. The van der Waals surface area contributed by atoms with Crippen LogP contribution in [-0.2, 0) is 20.7 Å². The number of ether oxygens (including phenoxy) is 1. The Hall–Kier alpha value is -4.04. The molecule has 0 saturated heterocycles. The lowest BCUT2D eigenvalue weighted by atomic mass is 9.92. The maximum absolute atomic E-state index is 14.9. The molecule has 3 amide bonds. The zero-order valence-corrected chi connectivity index (χ0v) is 30.2. The molecule has 2 atom stereocenters. The van der Waals surface area contributed by atoms with Gasteiger partial charge in [0.25, 0.3) is 5.91 Å². The van der Waals surface area contributed by atoms with Crippen molar-refractivity contribution in [1.29, 1.82) is 0 Å². The van der Waals surface area contributed by atoms with Gasteiger partial charge in [-0.15, -0.1) is 0 Å². The number of aromatic hydroxyl groups is 1. The largest absolute Gasteiger partial charge is 0.508 e. The molecule has 9 heteroatoms. The lowest BCUT2D eigenvalue weighted by molar-refractivity contribution is -0.141. The summed E-state index contributed by atoms with van der Waals surface area (Å²) in [6.45, 7) is 13.5. The molecule has 2 unspecified atom stereocenters. The summed E-state index contributed by atoms with van der Waals surface area (Å²) in [6.07, 6.45) is 5.32. The van der Waals surface area contributed by atoms with Crippen molar-refractivity contribution in [3.05, 3.63) is 93.5 Å². The van der Waals surface area contributed by atoms with Gasteiger partial charge >= 0.3 is 6.09 Å². The van der Waals surface area contributed by atoms with Crippen LogP contribution < -0.4 is 10.6 Å². The minimum Gasteiger partial charge on any atom is -0.508 e. The number of rotatable bonds is 15. The Morgan fingerprint density at radius 2 is 1.44 bits per heavy atom. The maximum Gasteiger partial charge on any atom is 0.408 e. The summed E-state index contributed by atoms with van der Waals surface area (Å²) in [5, 5.41) is 16.1. The molecule has 0 spiro atoms. The van der Waals surface area contributed by atoms with Gasteiger partial charge in [-0.25, -0.2) is 4.79 Å². The van der Waals surface area contributed by atoms with E-state index in [4.69, 9.17) is 16.3 Å². The van der Waals surface area contributed by atoms with Gasteiger partial charge in [-0.2, -0.15) is 0 Å². The number of halogens is 1. The predicted octanol–water partition coefficient (Wildman–Crippen LogP) is 8.98. The van der Waals surface area contributed by atoms with Crippen LogP contribution in [0.15, 0.2) is 60.7 Å². The summed E-state index contributed by atoms with van der Waals surface area (Å²) < 4.78 is 5.57. The minimum atomic E-state index is -1.06. The lowest BCUT2D eigenvalue weighted by Gasteiger charge is -2.36. The van der Waals surface area contributed by atoms with E-state index in [1.807, 2.05) is 51.1 Å². The van der Waals surface area contributed by atoms with Crippen LogP contribution in [0.1, 0.15) is 100 Å². The summed E-state index contributed by atoms with van der Waals surface area (Å²) in [7, 11) is 0. The number of phenolic OH excluding ortho intramolecular Hbond substituents is 1. The average molecular weight is 678 g/mol. The van der Waals surface area contributed by atoms with Gasteiger partial charge in [0.1, 0.15) is 23.4 Å². The molecule has 3 rings (SSSR count). The molecule has 8 nitrogen and oxygen atoms in total. The molecule has 0 fully saturated rings. The van der Waals surface area contributed by atoms with E-state index < -0.39 is 35.6 Å². The van der Waals surface area contributed by atoms with Crippen molar-refractivity contribution in [2.75, 3.05) is 11.9 Å². The number of carbonyl (C=O) groups is 3. The van der Waals surface area contributed by atoms with Crippen molar-refractivity contribution in [2.45, 2.75) is 111 Å². The number of hydrogen-bond acceptors (Lipinski definition) is 5. The molecule has 3 aromatic carbocycles. The van der Waals surface area contributed by atoms with Crippen LogP contribution in [0.3, 0.4) is 0 Å². The van der Waals surface area contributed by atoms with Crippen molar-refractivity contribution in [1.82, 2.24) is 10.2 Å². The third kappa shape index (κ3) is 11.3. The highest BCUT2D eigenvalue weighted by molar-refractivity contribution is 6.34. The molecule has 0 saturated carbocycles. The summed E-state index contributed by atoms with van der Waals surface area (Å²) in [6, 6.07) is 15.6. The molecule has 3 aromatic rings. The summed E-state index contributed by atoms with van der Waals surface area (Å²) >= 11 is 6.56. The van der Waals surface area contributed by atoms with Crippen molar-refractivity contribution in [3.8, 4) is 5.75 Å². The molecule has 48 heavy (non-hydrogen) atoms. The first-order chi connectivity index (χ1) is 22.7. The molecular weight excluding hydrogens is 626 g/mol. The number of carbonyl (C=O) groups excluding carboxylic acids is 3. The molecule has 0 radical (unpaired) electrons. The first kappa shape index (κ1) is 38.4. The van der Waals surface area contributed by atoms with E-state index in [0.29, 0.717) is 23.7 Å². The number of aryl methyl sites for hydroxylation is 3. The number of para-hydroxylation sites is 1. The van der Waals surface area contributed by atoms with E-state index in [1.54, 1.807) is 43.9 Å². The predicted molar refractivity (Wildman–Crippen MR) is 194 cm³/mol. The van der Waals surface area contributed by atoms with E-state index in [-0.39, 0.29) is 12.2 Å². The molecule has 260 valence electrons. The Morgan fingerprint density at radius 3 is 2.04 bits per heavy atom. The van der Waals surface area contributed by atoms with E-state index in [2.05, 4.69) is 17.6 Å². The number of unbranched alkanes of at least 4 members (excludes halogenated alkanes) is 5. The highest BCUT2D eigenvalue weighted by Crippen LogP contribution is 2.33. The number of hydrogen-bond donors (Lipinski definition) is 3. The van der Waals surface area contributed by atoms with Gasteiger partial charge in [-0.1, -0.05) is 93.1 Å². The molecule has 0 aliphatic carbocycles. The van der Waals surface area contributed by atoms with Crippen molar-refractivity contribution < 1.29 is 24.2 Å². The van der Waals surface area contributed by atoms with E-state index in [1.165, 1.54) is 12.1 Å². The topological polar surface area (TPSA) is 108 Å². The Labute approximate surface area is 291 Å². The Balaban J connectivity index is 2.14. The first-order valence-electron chi connectivity index (χ1n) is 16.9. The van der Waals surface area contributed by atoms with Crippen LogP contribution in [0.5, 0.6) is 5.75 Å². The quantitative estimate of drug-likeness (QED) is 0.139. The normalized spacial score (nSPS) is 12.6. The van der Waals surface area contributed by atoms with Gasteiger partial charge in [0, 0.05) is 13.0 Å². The summed E-state index contributed by atoms with van der Waals surface area (Å²) in [5.41, 5.74) is 3.66. The molecule has 0 heterocycles. The Morgan fingerprint density at radius 1 is 0.854 bits per heavy atom. The number of nitrogens with zero attached hydrogens (tertiary/aromatic N) is 1. The fraction of sp³-hybridized carbons (Fsp3) is 0.462. The van der Waals surface area contributed by atoms with Gasteiger partial charge in [0.2, 0.25) is 5.91 Å². The minimum absolute atomic E-state index is 0.0908. The summed E-state index contributed by atoms with van der Waals surface area (Å²) in [4.78, 5) is 44.2. The highest BCUT2D eigenvalue weighted by Gasteiger charge is 2.38. The smallest absolute Gasteiger partial charge is 0.408 e. The number of nitrogens with one attached hydrogen (secondary N) is 2. The van der Waals surface area contributed by atoms with E-state index in [9.17, 15) is 19.5 Å².